The van der Waals surface area contributed by atoms with E-state index >= 15 is 0 Å². The van der Waals surface area contributed by atoms with Crippen LogP contribution in [0.3, 0.4) is 0 Å². The Morgan fingerprint density at radius 3 is 2.57 bits per heavy atom. The third kappa shape index (κ3) is 2.58. The highest BCUT2D eigenvalue weighted by atomic mass is 16.5. The highest BCUT2D eigenvalue weighted by molar-refractivity contribution is 5.78. The van der Waals surface area contributed by atoms with Gasteiger partial charge >= 0.3 is 5.69 Å². The van der Waals surface area contributed by atoms with Crippen molar-refractivity contribution in [2.45, 2.75) is 13.0 Å². The Morgan fingerprint density at radius 2 is 1.86 bits per heavy atom. The van der Waals surface area contributed by atoms with Gasteiger partial charge < -0.3 is 9.64 Å². The summed E-state index contributed by atoms with van der Waals surface area (Å²) in [5.41, 5.74) is 1.69. The summed E-state index contributed by atoms with van der Waals surface area (Å²) < 4.78 is 8.53. The number of ether oxygens (including phenoxy) is 1. The highest BCUT2D eigenvalue weighted by Gasteiger charge is 2.18. The number of carbonyl (C=O) groups is 1. The number of amides is 1. The van der Waals surface area contributed by atoms with Crippen LogP contribution < -0.4 is 5.69 Å². The van der Waals surface area contributed by atoms with Crippen molar-refractivity contribution < 1.29 is 9.53 Å². The number of para-hydroxylation sites is 2. The van der Waals surface area contributed by atoms with Crippen LogP contribution >= 0.6 is 0 Å². The number of carbonyl (C=O) groups excluding carboxylic acids is 1. The summed E-state index contributed by atoms with van der Waals surface area (Å²) >= 11 is 0. The number of hydrogen-bond acceptors (Lipinski definition) is 3. The largest absolute Gasteiger partial charge is 0.378 e. The first kappa shape index (κ1) is 13.9. The zero-order valence-electron chi connectivity index (χ0n) is 12.1. The molecule has 1 aliphatic rings. The van der Waals surface area contributed by atoms with Gasteiger partial charge in [-0.25, -0.2) is 4.79 Å². The van der Waals surface area contributed by atoms with Gasteiger partial charge in [0, 0.05) is 33.1 Å². The molecule has 21 heavy (non-hydrogen) atoms. The molecule has 0 atom stereocenters. The predicted molar refractivity (Wildman–Crippen MR) is 79.2 cm³/mol. The third-order valence-corrected chi connectivity index (χ3v) is 3.96. The number of hydrogen-bond donors (Lipinski definition) is 0. The van der Waals surface area contributed by atoms with E-state index in [4.69, 9.17) is 4.74 Å². The van der Waals surface area contributed by atoms with E-state index in [0.717, 1.165) is 11.0 Å². The molecule has 1 aromatic heterocycles. The summed E-state index contributed by atoms with van der Waals surface area (Å²) in [7, 11) is 1.75. The fraction of sp³-hybridized carbons (Fsp3) is 0.467. The molecule has 6 heteroatoms. The SMILES string of the molecule is Cn1c(=O)n(CCC(=O)N2CCOCC2)c2ccccc21. The maximum Gasteiger partial charge on any atom is 0.328 e. The molecule has 1 aliphatic heterocycles. The molecular weight excluding hydrogens is 270 g/mol. The lowest BCUT2D eigenvalue weighted by Gasteiger charge is -2.26. The van der Waals surface area contributed by atoms with Crippen LogP contribution in [0.1, 0.15) is 6.42 Å². The lowest BCUT2D eigenvalue weighted by Crippen LogP contribution is -2.41. The van der Waals surface area contributed by atoms with Crippen molar-refractivity contribution >= 4 is 16.9 Å². The van der Waals surface area contributed by atoms with Crippen LogP contribution in [-0.4, -0.2) is 46.2 Å². The van der Waals surface area contributed by atoms with E-state index in [1.807, 2.05) is 24.3 Å². The minimum absolute atomic E-state index is 0.0778. The molecule has 0 aliphatic carbocycles. The van der Waals surface area contributed by atoms with Gasteiger partial charge in [-0.3, -0.25) is 13.9 Å². The second-order valence-electron chi connectivity index (χ2n) is 5.23. The van der Waals surface area contributed by atoms with Crippen LogP contribution in [0, 0.1) is 0 Å². The number of nitrogens with zero attached hydrogens (tertiary/aromatic N) is 3. The van der Waals surface area contributed by atoms with Gasteiger partial charge in [0.05, 0.1) is 24.2 Å². The second-order valence-corrected chi connectivity index (χ2v) is 5.23. The summed E-state index contributed by atoms with van der Waals surface area (Å²) in [6, 6.07) is 7.64. The number of aryl methyl sites for hydroxylation is 2. The van der Waals surface area contributed by atoms with Crippen LogP contribution in [0.2, 0.25) is 0 Å². The molecule has 1 fully saturated rings. The molecule has 2 aromatic rings. The zero-order valence-corrected chi connectivity index (χ0v) is 12.1. The summed E-state index contributed by atoms with van der Waals surface area (Å²) in [6.07, 6.45) is 0.341. The third-order valence-electron chi connectivity index (χ3n) is 3.96. The van der Waals surface area contributed by atoms with Gasteiger partial charge in [0.1, 0.15) is 0 Å². The van der Waals surface area contributed by atoms with Gasteiger partial charge in [-0.1, -0.05) is 12.1 Å². The van der Waals surface area contributed by atoms with Crippen molar-refractivity contribution in [1.82, 2.24) is 14.0 Å². The van der Waals surface area contributed by atoms with E-state index in [9.17, 15) is 9.59 Å². The number of fused-ring (bicyclic) bond motifs is 1. The minimum Gasteiger partial charge on any atom is -0.378 e. The smallest absolute Gasteiger partial charge is 0.328 e. The average molecular weight is 289 g/mol. The fourth-order valence-corrected chi connectivity index (χ4v) is 2.76. The molecule has 0 bridgehead atoms. The number of imidazole rings is 1. The number of aromatic nitrogens is 2. The van der Waals surface area contributed by atoms with Gasteiger partial charge in [0.25, 0.3) is 0 Å². The topological polar surface area (TPSA) is 56.5 Å². The van der Waals surface area contributed by atoms with Crippen molar-refractivity contribution in [3.63, 3.8) is 0 Å². The van der Waals surface area contributed by atoms with Crippen molar-refractivity contribution in [1.29, 1.82) is 0 Å². The second kappa shape index (κ2) is 5.73. The predicted octanol–water partition coefficient (Wildman–Crippen LogP) is 0.589. The maximum absolute atomic E-state index is 12.3. The maximum atomic E-state index is 12.3. The molecule has 0 N–H and O–H groups in total. The molecule has 6 nitrogen and oxygen atoms in total. The first-order valence-electron chi connectivity index (χ1n) is 7.18. The summed E-state index contributed by atoms with van der Waals surface area (Å²) in [4.78, 5) is 26.2. The van der Waals surface area contributed by atoms with Crippen LogP contribution in [0.15, 0.2) is 29.1 Å². The van der Waals surface area contributed by atoms with Crippen molar-refractivity contribution in [2.75, 3.05) is 26.3 Å². The zero-order chi connectivity index (χ0) is 14.8. The normalized spacial score (nSPS) is 15.6. The summed E-state index contributed by atoms with van der Waals surface area (Å²) in [5.74, 6) is 0.0816. The van der Waals surface area contributed by atoms with E-state index in [2.05, 4.69) is 0 Å². The molecule has 1 amide bonds. The van der Waals surface area contributed by atoms with Crippen molar-refractivity contribution in [2.24, 2.45) is 7.05 Å². The van der Waals surface area contributed by atoms with Gasteiger partial charge in [-0.15, -0.1) is 0 Å². The van der Waals surface area contributed by atoms with Crippen LogP contribution in [0.5, 0.6) is 0 Å². The molecule has 1 saturated heterocycles. The van der Waals surface area contributed by atoms with E-state index < -0.39 is 0 Å². The Kier molecular flexibility index (Phi) is 3.79. The van der Waals surface area contributed by atoms with E-state index in [1.165, 1.54) is 0 Å². The minimum atomic E-state index is -0.0778. The van der Waals surface area contributed by atoms with Gasteiger partial charge in [-0.2, -0.15) is 0 Å². The van der Waals surface area contributed by atoms with Crippen LogP contribution in [-0.2, 0) is 23.1 Å². The lowest BCUT2D eigenvalue weighted by atomic mass is 10.3. The molecule has 0 spiro atoms. The molecule has 0 radical (unpaired) electrons. The summed E-state index contributed by atoms with van der Waals surface area (Å²) in [6.45, 7) is 2.89. The Bertz CT molecular complexity index is 711. The number of benzene rings is 1. The molecule has 112 valence electrons. The first-order valence-corrected chi connectivity index (χ1v) is 7.18. The first-order chi connectivity index (χ1) is 10.2. The van der Waals surface area contributed by atoms with Gasteiger partial charge in [-0.05, 0) is 12.1 Å². The van der Waals surface area contributed by atoms with Gasteiger partial charge in [0.15, 0.2) is 0 Å². The van der Waals surface area contributed by atoms with Crippen LogP contribution in [0.25, 0.3) is 11.0 Å². The fourth-order valence-electron chi connectivity index (χ4n) is 2.76. The molecule has 3 rings (SSSR count). The molecule has 1 aromatic carbocycles. The van der Waals surface area contributed by atoms with Crippen LogP contribution in [0.4, 0.5) is 0 Å². The molecule has 0 saturated carbocycles. The summed E-state index contributed by atoms with van der Waals surface area (Å²) in [5, 5.41) is 0. The van der Waals surface area contributed by atoms with Gasteiger partial charge in [0.2, 0.25) is 5.91 Å². The number of rotatable bonds is 3. The lowest BCUT2D eigenvalue weighted by molar-refractivity contribution is -0.135. The van der Waals surface area contributed by atoms with Crippen molar-refractivity contribution in [3.8, 4) is 0 Å². The Hall–Kier alpha value is -2.08. The quantitative estimate of drug-likeness (QED) is 0.831. The van der Waals surface area contributed by atoms with E-state index in [-0.39, 0.29) is 11.6 Å². The Labute approximate surface area is 122 Å². The molecular formula is C15H19N3O3. The standard InChI is InChI=1S/C15H19N3O3/c1-16-12-4-2-3-5-13(12)18(15(16)20)7-6-14(19)17-8-10-21-11-9-17/h2-5H,6-11H2,1H3. The van der Waals surface area contributed by atoms with E-state index in [1.54, 1.807) is 21.1 Å². The average Bonchev–Trinajstić information content (AvgIpc) is 2.78. The Morgan fingerprint density at radius 1 is 1.19 bits per heavy atom. The molecule has 0 unspecified atom stereocenters. The highest BCUT2D eigenvalue weighted by Crippen LogP contribution is 2.12. The Balaban J connectivity index is 1.78. The number of morpholine rings is 1. The molecule has 2 heterocycles. The monoisotopic (exact) mass is 289 g/mol. The van der Waals surface area contributed by atoms with Crippen molar-refractivity contribution in [3.05, 3.63) is 34.7 Å². The van der Waals surface area contributed by atoms with E-state index in [0.29, 0.717) is 39.3 Å².